The highest BCUT2D eigenvalue weighted by Crippen LogP contribution is 2.17. The molecule has 110 valence electrons. The maximum Gasteiger partial charge on any atom is 0.330 e. The minimum atomic E-state index is -3.51. The number of benzene rings is 1. The molecule has 0 saturated heterocycles. The number of sulfone groups is 1. The fourth-order valence-corrected chi connectivity index (χ4v) is 2.26. The molecule has 0 aliphatic rings. The van der Waals surface area contributed by atoms with Gasteiger partial charge < -0.3 is 10.4 Å². The molecule has 1 rings (SSSR count). The number of amides is 1. The lowest BCUT2D eigenvalue weighted by Crippen LogP contribution is -2.37. The Hall–Kier alpha value is -1.60. The average Bonchev–Trinajstić information content (AvgIpc) is 2.36. The Morgan fingerprint density at radius 3 is 2.30 bits per heavy atom. The summed E-state index contributed by atoms with van der Waals surface area (Å²) in [5, 5.41) is 11.7. The van der Waals surface area contributed by atoms with E-state index >= 15 is 0 Å². The zero-order valence-corrected chi connectivity index (χ0v) is 12.2. The molecule has 2 N–H and O–H groups in total. The standard InChI is InChI=1S/C12H14ClNO5S/c1-2-20(18,19)7-10(15)14-11(12(16)17)8-3-5-9(13)6-4-8/h3-6,11H,2,7H2,1H3,(H,14,15)(H,16,17). The van der Waals surface area contributed by atoms with Crippen LogP contribution < -0.4 is 5.32 Å². The van der Waals surface area contributed by atoms with Crippen LogP contribution in [0.2, 0.25) is 5.02 Å². The molecule has 0 aromatic heterocycles. The van der Waals surface area contributed by atoms with E-state index in [1.54, 1.807) is 0 Å². The molecule has 1 amide bonds. The molecule has 0 bridgehead atoms. The number of aliphatic carboxylic acids is 1. The normalized spacial score (nSPS) is 12.7. The van der Waals surface area contributed by atoms with Gasteiger partial charge in [0, 0.05) is 10.8 Å². The second-order valence-electron chi connectivity index (χ2n) is 4.07. The second-order valence-corrected chi connectivity index (χ2v) is 6.86. The number of rotatable bonds is 6. The van der Waals surface area contributed by atoms with Crippen LogP contribution in [-0.4, -0.2) is 36.9 Å². The summed E-state index contributed by atoms with van der Waals surface area (Å²) in [6.45, 7) is 1.41. The lowest BCUT2D eigenvalue weighted by molar-refractivity contribution is -0.141. The van der Waals surface area contributed by atoms with E-state index in [9.17, 15) is 18.0 Å². The topological polar surface area (TPSA) is 101 Å². The van der Waals surface area contributed by atoms with E-state index < -0.39 is 33.5 Å². The first-order chi connectivity index (χ1) is 9.25. The molecule has 1 unspecified atom stereocenters. The molecule has 0 heterocycles. The van der Waals surface area contributed by atoms with Gasteiger partial charge in [0.25, 0.3) is 0 Å². The van der Waals surface area contributed by atoms with Crippen molar-refractivity contribution in [2.45, 2.75) is 13.0 Å². The quantitative estimate of drug-likeness (QED) is 0.815. The summed E-state index contributed by atoms with van der Waals surface area (Å²) in [6.07, 6.45) is 0. The van der Waals surface area contributed by atoms with Crippen LogP contribution in [0.3, 0.4) is 0 Å². The number of hydrogen-bond donors (Lipinski definition) is 2. The van der Waals surface area contributed by atoms with Crippen LogP contribution in [0, 0.1) is 0 Å². The van der Waals surface area contributed by atoms with Crippen molar-refractivity contribution in [2.75, 3.05) is 11.5 Å². The number of carboxylic acid groups (broad SMARTS) is 1. The van der Waals surface area contributed by atoms with E-state index in [4.69, 9.17) is 16.7 Å². The largest absolute Gasteiger partial charge is 0.479 e. The van der Waals surface area contributed by atoms with Crippen LogP contribution >= 0.6 is 11.6 Å². The Balaban J connectivity index is 2.86. The highest BCUT2D eigenvalue weighted by molar-refractivity contribution is 7.92. The van der Waals surface area contributed by atoms with Crippen LogP contribution in [0.1, 0.15) is 18.5 Å². The third-order valence-corrected chi connectivity index (χ3v) is 4.38. The Morgan fingerprint density at radius 1 is 1.30 bits per heavy atom. The summed E-state index contributed by atoms with van der Waals surface area (Å²) in [6, 6.07) is 4.57. The zero-order chi connectivity index (χ0) is 15.3. The summed E-state index contributed by atoms with van der Waals surface area (Å²) in [5.74, 6) is -3.05. The van der Waals surface area contributed by atoms with E-state index in [1.165, 1.54) is 31.2 Å². The minimum absolute atomic E-state index is 0.181. The van der Waals surface area contributed by atoms with Gasteiger partial charge >= 0.3 is 5.97 Å². The van der Waals surface area contributed by atoms with Gasteiger partial charge in [-0.1, -0.05) is 30.7 Å². The summed E-state index contributed by atoms with van der Waals surface area (Å²) < 4.78 is 22.6. The number of carbonyl (C=O) groups excluding carboxylic acids is 1. The van der Waals surface area contributed by atoms with Crippen molar-refractivity contribution in [3.63, 3.8) is 0 Å². The first kappa shape index (κ1) is 16.5. The van der Waals surface area contributed by atoms with Crippen molar-refractivity contribution < 1.29 is 23.1 Å². The lowest BCUT2D eigenvalue weighted by Gasteiger charge is -2.15. The molecular formula is C12H14ClNO5S. The molecule has 0 aliphatic carbocycles. The van der Waals surface area contributed by atoms with Crippen molar-refractivity contribution in [3.05, 3.63) is 34.9 Å². The van der Waals surface area contributed by atoms with Crippen LogP contribution in [0.4, 0.5) is 0 Å². The van der Waals surface area contributed by atoms with E-state index in [0.717, 1.165) is 0 Å². The maximum absolute atomic E-state index is 11.6. The van der Waals surface area contributed by atoms with Gasteiger partial charge in [-0.3, -0.25) is 4.79 Å². The molecule has 0 aliphatic heterocycles. The van der Waals surface area contributed by atoms with Gasteiger partial charge in [-0.2, -0.15) is 0 Å². The van der Waals surface area contributed by atoms with Gasteiger partial charge in [-0.05, 0) is 17.7 Å². The van der Waals surface area contributed by atoms with Crippen molar-refractivity contribution >= 4 is 33.3 Å². The fourth-order valence-electron chi connectivity index (χ4n) is 1.45. The van der Waals surface area contributed by atoms with Crippen molar-refractivity contribution in [1.29, 1.82) is 0 Å². The molecule has 0 radical (unpaired) electrons. The Labute approximate surface area is 121 Å². The number of carboxylic acids is 1. The molecule has 0 saturated carbocycles. The monoisotopic (exact) mass is 319 g/mol. The van der Waals surface area contributed by atoms with Gasteiger partial charge in [0.05, 0.1) is 0 Å². The van der Waals surface area contributed by atoms with Crippen LogP contribution in [0.25, 0.3) is 0 Å². The molecule has 8 heteroatoms. The molecule has 1 atom stereocenters. The van der Waals surface area contributed by atoms with Crippen LogP contribution in [0.15, 0.2) is 24.3 Å². The molecular weight excluding hydrogens is 306 g/mol. The van der Waals surface area contributed by atoms with Crippen LogP contribution in [-0.2, 0) is 19.4 Å². The SMILES string of the molecule is CCS(=O)(=O)CC(=O)NC(C(=O)O)c1ccc(Cl)cc1. The third-order valence-electron chi connectivity index (χ3n) is 2.55. The maximum atomic E-state index is 11.6. The smallest absolute Gasteiger partial charge is 0.330 e. The van der Waals surface area contributed by atoms with E-state index in [0.29, 0.717) is 10.6 Å². The molecule has 1 aromatic carbocycles. The van der Waals surface area contributed by atoms with E-state index in [-0.39, 0.29) is 5.75 Å². The summed E-state index contributed by atoms with van der Waals surface area (Å²) in [4.78, 5) is 22.8. The first-order valence-corrected chi connectivity index (χ1v) is 7.93. The van der Waals surface area contributed by atoms with Crippen molar-refractivity contribution in [1.82, 2.24) is 5.32 Å². The highest BCUT2D eigenvalue weighted by atomic mass is 35.5. The predicted molar refractivity (Wildman–Crippen MR) is 74.3 cm³/mol. The molecule has 6 nitrogen and oxygen atoms in total. The number of hydrogen-bond acceptors (Lipinski definition) is 4. The minimum Gasteiger partial charge on any atom is -0.479 e. The fraction of sp³-hybridized carbons (Fsp3) is 0.333. The van der Waals surface area contributed by atoms with Crippen LogP contribution in [0.5, 0.6) is 0 Å². The third kappa shape index (κ3) is 4.82. The highest BCUT2D eigenvalue weighted by Gasteiger charge is 2.24. The Kier molecular flexibility index (Phi) is 5.52. The van der Waals surface area contributed by atoms with Gasteiger partial charge in [0.1, 0.15) is 5.75 Å². The van der Waals surface area contributed by atoms with Crippen molar-refractivity contribution in [2.24, 2.45) is 0 Å². The number of carbonyl (C=O) groups is 2. The Bertz CT molecular complexity index is 597. The van der Waals surface area contributed by atoms with E-state index in [1.807, 2.05) is 0 Å². The first-order valence-electron chi connectivity index (χ1n) is 5.73. The summed E-state index contributed by atoms with van der Waals surface area (Å²) in [5.41, 5.74) is 0.309. The average molecular weight is 320 g/mol. The zero-order valence-electron chi connectivity index (χ0n) is 10.7. The van der Waals surface area contributed by atoms with Gasteiger partial charge in [-0.25, -0.2) is 13.2 Å². The van der Waals surface area contributed by atoms with E-state index in [2.05, 4.69) is 5.32 Å². The molecule has 0 fully saturated rings. The second kappa shape index (κ2) is 6.71. The lowest BCUT2D eigenvalue weighted by atomic mass is 10.1. The van der Waals surface area contributed by atoms with Gasteiger partial charge in [-0.15, -0.1) is 0 Å². The summed E-state index contributed by atoms with van der Waals surface area (Å²) >= 11 is 5.69. The number of nitrogens with one attached hydrogen (secondary N) is 1. The van der Waals surface area contributed by atoms with Crippen molar-refractivity contribution in [3.8, 4) is 0 Å². The summed E-state index contributed by atoms with van der Waals surface area (Å²) in [7, 11) is -3.51. The molecule has 1 aromatic rings. The Morgan fingerprint density at radius 2 is 1.85 bits per heavy atom. The number of halogens is 1. The molecule has 20 heavy (non-hydrogen) atoms. The van der Waals surface area contributed by atoms with Gasteiger partial charge in [0.15, 0.2) is 15.9 Å². The predicted octanol–water partition coefficient (Wildman–Crippen LogP) is 1.02. The van der Waals surface area contributed by atoms with Gasteiger partial charge in [0.2, 0.25) is 5.91 Å². The molecule has 0 spiro atoms.